The van der Waals surface area contributed by atoms with Gasteiger partial charge in [0.25, 0.3) is 0 Å². The molecule has 0 aliphatic rings. The van der Waals surface area contributed by atoms with Crippen LogP contribution in [0.25, 0.3) is 0 Å². The predicted molar refractivity (Wildman–Crippen MR) is 83.3 cm³/mol. The summed E-state index contributed by atoms with van der Waals surface area (Å²) in [5.74, 6) is 0. The normalized spacial score (nSPS) is 12.5. The highest BCUT2D eigenvalue weighted by atomic mass is 35.5. The summed E-state index contributed by atoms with van der Waals surface area (Å²) >= 11 is 12.5. The quantitative estimate of drug-likeness (QED) is 0.847. The van der Waals surface area contributed by atoms with E-state index in [1.807, 2.05) is 25.2 Å². The molecule has 1 atom stereocenters. The lowest BCUT2D eigenvalue weighted by Crippen LogP contribution is -2.19. The van der Waals surface area contributed by atoms with E-state index < -0.39 is 0 Å². The number of rotatable bonds is 3. The Kier molecular flexibility index (Phi) is 4.51. The molecule has 0 aliphatic carbocycles. The maximum absolute atomic E-state index is 6.34. The summed E-state index contributed by atoms with van der Waals surface area (Å²) in [5, 5.41) is 4.53. The van der Waals surface area contributed by atoms with Crippen molar-refractivity contribution in [2.24, 2.45) is 0 Å². The van der Waals surface area contributed by atoms with Crippen molar-refractivity contribution in [1.82, 2.24) is 5.32 Å². The monoisotopic (exact) mass is 293 g/mol. The minimum atomic E-state index is 0.0473. The Bertz CT molecular complexity index is 542. The molecule has 0 saturated carbocycles. The van der Waals surface area contributed by atoms with Crippen LogP contribution in [0.15, 0.2) is 36.4 Å². The van der Waals surface area contributed by atoms with Crippen LogP contribution in [-0.4, -0.2) is 7.05 Å². The molecule has 0 aromatic heterocycles. The van der Waals surface area contributed by atoms with E-state index in [1.54, 1.807) is 0 Å². The SMILES string of the molecule is CNC(c1cccc(C)c1C)c1cccc(Cl)c1Cl. The molecule has 0 saturated heterocycles. The average molecular weight is 294 g/mol. The van der Waals surface area contributed by atoms with Gasteiger partial charge in [0.15, 0.2) is 0 Å². The first kappa shape index (κ1) is 14.4. The number of hydrogen-bond acceptors (Lipinski definition) is 1. The Balaban J connectivity index is 2.57. The van der Waals surface area contributed by atoms with E-state index >= 15 is 0 Å². The predicted octanol–water partition coefficient (Wildman–Crippen LogP) is 4.92. The Morgan fingerprint density at radius 1 is 0.947 bits per heavy atom. The van der Waals surface area contributed by atoms with Gasteiger partial charge in [-0.2, -0.15) is 0 Å². The van der Waals surface area contributed by atoms with Crippen molar-refractivity contribution in [1.29, 1.82) is 0 Å². The summed E-state index contributed by atoms with van der Waals surface area (Å²) in [6.45, 7) is 4.25. The van der Waals surface area contributed by atoms with Gasteiger partial charge >= 0.3 is 0 Å². The first-order valence-corrected chi connectivity index (χ1v) is 6.99. The van der Waals surface area contributed by atoms with Gasteiger partial charge < -0.3 is 5.32 Å². The minimum Gasteiger partial charge on any atom is -0.309 e. The third-order valence-corrected chi connectivity index (χ3v) is 4.37. The van der Waals surface area contributed by atoms with Crippen LogP contribution in [0, 0.1) is 13.8 Å². The molecule has 0 radical (unpaired) electrons. The highest BCUT2D eigenvalue weighted by Crippen LogP contribution is 2.34. The van der Waals surface area contributed by atoms with Crippen LogP contribution in [0.3, 0.4) is 0 Å². The summed E-state index contributed by atoms with van der Waals surface area (Å²) < 4.78 is 0. The van der Waals surface area contributed by atoms with Crippen molar-refractivity contribution >= 4 is 23.2 Å². The summed E-state index contributed by atoms with van der Waals surface area (Å²) in [6.07, 6.45) is 0. The van der Waals surface area contributed by atoms with Gasteiger partial charge in [-0.3, -0.25) is 0 Å². The van der Waals surface area contributed by atoms with E-state index in [1.165, 1.54) is 16.7 Å². The van der Waals surface area contributed by atoms with Crippen molar-refractivity contribution in [3.63, 3.8) is 0 Å². The molecule has 19 heavy (non-hydrogen) atoms. The lowest BCUT2D eigenvalue weighted by atomic mass is 9.93. The number of halogens is 2. The zero-order chi connectivity index (χ0) is 14.0. The van der Waals surface area contributed by atoms with E-state index in [2.05, 4.69) is 37.4 Å². The van der Waals surface area contributed by atoms with E-state index in [-0.39, 0.29) is 6.04 Å². The van der Waals surface area contributed by atoms with E-state index in [9.17, 15) is 0 Å². The number of nitrogens with one attached hydrogen (secondary N) is 1. The Morgan fingerprint density at radius 3 is 2.26 bits per heavy atom. The van der Waals surface area contributed by atoms with Crippen LogP contribution >= 0.6 is 23.2 Å². The van der Waals surface area contributed by atoms with Gasteiger partial charge in [-0.25, -0.2) is 0 Å². The molecule has 2 aromatic rings. The molecule has 0 fully saturated rings. The molecule has 2 rings (SSSR count). The van der Waals surface area contributed by atoms with Crippen LogP contribution in [-0.2, 0) is 0 Å². The van der Waals surface area contributed by atoms with E-state index in [0.717, 1.165) is 5.56 Å². The zero-order valence-electron chi connectivity index (χ0n) is 11.3. The fourth-order valence-electron chi connectivity index (χ4n) is 2.31. The standard InChI is InChI=1S/C16H17Cl2N/c1-10-6-4-7-12(11(10)2)16(19-3)13-8-5-9-14(17)15(13)18/h4-9,16,19H,1-3H3. The molecule has 0 bridgehead atoms. The molecule has 0 heterocycles. The molecule has 0 aliphatic heterocycles. The summed E-state index contributed by atoms with van der Waals surface area (Å²) in [4.78, 5) is 0. The van der Waals surface area contributed by atoms with Gasteiger partial charge in [0.05, 0.1) is 16.1 Å². The number of hydrogen-bond donors (Lipinski definition) is 1. The van der Waals surface area contributed by atoms with Crippen LogP contribution < -0.4 is 5.32 Å². The van der Waals surface area contributed by atoms with Gasteiger partial charge in [-0.05, 0) is 49.2 Å². The molecule has 0 spiro atoms. The Morgan fingerprint density at radius 2 is 1.58 bits per heavy atom. The summed E-state index contributed by atoms with van der Waals surface area (Å²) in [6, 6.07) is 12.1. The molecule has 3 heteroatoms. The van der Waals surface area contributed by atoms with Gasteiger partial charge in [-0.15, -0.1) is 0 Å². The Labute approximate surface area is 124 Å². The van der Waals surface area contributed by atoms with Crippen molar-refractivity contribution < 1.29 is 0 Å². The van der Waals surface area contributed by atoms with Gasteiger partial charge in [0.1, 0.15) is 0 Å². The second kappa shape index (κ2) is 5.96. The molecule has 1 nitrogen and oxygen atoms in total. The summed E-state index contributed by atoms with van der Waals surface area (Å²) in [5.41, 5.74) is 4.78. The second-order valence-corrected chi connectivity index (χ2v) is 5.44. The molecular weight excluding hydrogens is 277 g/mol. The summed E-state index contributed by atoms with van der Waals surface area (Å²) in [7, 11) is 1.93. The highest BCUT2D eigenvalue weighted by Gasteiger charge is 2.18. The van der Waals surface area contributed by atoms with Gasteiger partial charge in [0, 0.05) is 0 Å². The minimum absolute atomic E-state index is 0.0473. The lowest BCUT2D eigenvalue weighted by Gasteiger charge is -2.22. The van der Waals surface area contributed by atoms with Gasteiger partial charge in [-0.1, -0.05) is 53.5 Å². The fraction of sp³-hybridized carbons (Fsp3) is 0.250. The molecule has 0 amide bonds. The van der Waals surface area contributed by atoms with E-state index in [0.29, 0.717) is 10.0 Å². The van der Waals surface area contributed by atoms with Crippen molar-refractivity contribution in [3.05, 3.63) is 68.7 Å². The number of benzene rings is 2. The topological polar surface area (TPSA) is 12.0 Å². The van der Waals surface area contributed by atoms with Crippen molar-refractivity contribution in [3.8, 4) is 0 Å². The molecule has 1 unspecified atom stereocenters. The largest absolute Gasteiger partial charge is 0.309 e. The first-order valence-electron chi connectivity index (χ1n) is 6.23. The van der Waals surface area contributed by atoms with Crippen molar-refractivity contribution in [2.75, 3.05) is 7.05 Å². The highest BCUT2D eigenvalue weighted by molar-refractivity contribution is 6.42. The van der Waals surface area contributed by atoms with E-state index in [4.69, 9.17) is 23.2 Å². The van der Waals surface area contributed by atoms with Crippen LogP contribution in [0.1, 0.15) is 28.3 Å². The van der Waals surface area contributed by atoms with Crippen LogP contribution in [0.4, 0.5) is 0 Å². The lowest BCUT2D eigenvalue weighted by molar-refractivity contribution is 0.687. The third-order valence-electron chi connectivity index (χ3n) is 3.54. The van der Waals surface area contributed by atoms with Crippen LogP contribution in [0.5, 0.6) is 0 Å². The maximum atomic E-state index is 6.34. The fourth-order valence-corrected chi connectivity index (χ4v) is 2.73. The second-order valence-electron chi connectivity index (χ2n) is 4.65. The molecule has 2 aromatic carbocycles. The number of aryl methyl sites for hydroxylation is 1. The van der Waals surface area contributed by atoms with Crippen molar-refractivity contribution in [2.45, 2.75) is 19.9 Å². The first-order chi connectivity index (χ1) is 9.06. The van der Waals surface area contributed by atoms with Crippen LogP contribution in [0.2, 0.25) is 10.0 Å². The molecular formula is C16H17Cl2N. The Hall–Kier alpha value is -1.02. The smallest absolute Gasteiger partial charge is 0.0643 e. The third kappa shape index (κ3) is 2.79. The maximum Gasteiger partial charge on any atom is 0.0643 e. The average Bonchev–Trinajstić information content (AvgIpc) is 2.40. The zero-order valence-corrected chi connectivity index (χ0v) is 12.8. The molecule has 1 N–H and O–H groups in total. The molecule has 100 valence electrons. The van der Waals surface area contributed by atoms with Gasteiger partial charge in [0.2, 0.25) is 0 Å².